The number of benzene rings is 1. The Labute approximate surface area is 108 Å². The summed E-state index contributed by atoms with van der Waals surface area (Å²) in [6, 6.07) is 5.63. The molecule has 1 N–H and O–H groups in total. The molecule has 0 aliphatic rings. The summed E-state index contributed by atoms with van der Waals surface area (Å²) in [5.41, 5.74) is 0.961. The average Bonchev–Trinajstić information content (AvgIpc) is 2.39. The lowest BCUT2D eigenvalue weighted by Gasteiger charge is -1.99. The van der Waals surface area contributed by atoms with Crippen LogP contribution in [0.15, 0.2) is 29.2 Å². The number of halogens is 1. The van der Waals surface area contributed by atoms with Gasteiger partial charge in [-0.05, 0) is 13.0 Å². The summed E-state index contributed by atoms with van der Waals surface area (Å²) in [4.78, 5) is 14.0. The van der Waals surface area contributed by atoms with Crippen LogP contribution in [0.1, 0.15) is 33.3 Å². The molecular formula is C14H20ClNO. The van der Waals surface area contributed by atoms with E-state index < -0.39 is 0 Å². The van der Waals surface area contributed by atoms with Gasteiger partial charge in [0.25, 0.3) is 5.56 Å². The van der Waals surface area contributed by atoms with Crippen molar-refractivity contribution in [3.63, 3.8) is 0 Å². The molecule has 0 saturated carbocycles. The number of aromatic amines is 1. The summed E-state index contributed by atoms with van der Waals surface area (Å²) < 4.78 is 0. The molecule has 1 aromatic heterocycles. The highest BCUT2D eigenvalue weighted by Crippen LogP contribution is 2.19. The van der Waals surface area contributed by atoms with Crippen LogP contribution in [0.4, 0.5) is 0 Å². The Hall–Kier alpha value is -1.28. The Morgan fingerprint density at radius 1 is 1.06 bits per heavy atom. The van der Waals surface area contributed by atoms with Gasteiger partial charge < -0.3 is 4.98 Å². The van der Waals surface area contributed by atoms with Crippen molar-refractivity contribution in [2.75, 3.05) is 0 Å². The molecule has 2 aromatic rings. The number of hydrogen-bond acceptors (Lipinski definition) is 1. The average molecular weight is 254 g/mol. The number of aromatic nitrogens is 1. The van der Waals surface area contributed by atoms with Gasteiger partial charge in [0.2, 0.25) is 0 Å². The predicted molar refractivity (Wildman–Crippen MR) is 77.0 cm³/mol. The van der Waals surface area contributed by atoms with Gasteiger partial charge in [-0.15, -0.1) is 0 Å². The highest BCUT2D eigenvalue weighted by Gasteiger charge is 2.01. The fourth-order valence-electron chi connectivity index (χ4n) is 1.34. The highest BCUT2D eigenvalue weighted by atomic mass is 35.5. The summed E-state index contributed by atoms with van der Waals surface area (Å²) >= 11 is 5.91. The quantitative estimate of drug-likeness (QED) is 0.735. The maximum absolute atomic E-state index is 11.4. The molecule has 0 fully saturated rings. The van der Waals surface area contributed by atoms with Gasteiger partial charge in [-0.25, -0.2) is 0 Å². The molecule has 2 rings (SSSR count). The van der Waals surface area contributed by atoms with Crippen LogP contribution in [0.2, 0.25) is 5.02 Å². The van der Waals surface area contributed by atoms with Gasteiger partial charge in [-0.2, -0.15) is 0 Å². The molecule has 0 aliphatic heterocycles. The Morgan fingerprint density at radius 2 is 1.65 bits per heavy atom. The van der Waals surface area contributed by atoms with E-state index in [-0.39, 0.29) is 5.56 Å². The lowest BCUT2D eigenvalue weighted by atomic mass is 10.1. The van der Waals surface area contributed by atoms with Crippen molar-refractivity contribution in [3.8, 4) is 0 Å². The molecule has 0 bridgehead atoms. The second-order valence-electron chi connectivity index (χ2n) is 3.01. The zero-order valence-electron chi connectivity index (χ0n) is 11.1. The zero-order chi connectivity index (χ0) is 13.4. The number of hydrogen-bond donors (Lipinski definition) is 1. The summed E-state index contributed by atoms with van der Waals surface area (Å²) in [5, 5.41) is 2.03. The molecule has 0 atom stereocenters. The molecule has 0 unspecified atom stereocenters. The normalized spacial score (nSPS) is 8.82. The monoisotopic (exact) mass is 253 g/mol. The summed E-state index contributed by atoms with van der Waals surface area (Å²) in [5.74, 6) is 0. The number of aryl methyl sites for hydroxylation is 1. The number of fused-ring (bicyclic) bond motifs is 1. The maximum Gasteiger partial charge on any atom is 0.255 e. The topological polar surface area (TPSA) is 32.9 Å². The van der Waals surface area contributed by atoms with E-state index in [1.54, 1.807) is 0 Å². The first-order valence-corrected chi connectivity index (χ1v) is 6.34. The number of rotatable bonds is 0. The van der Waals surface area contributed by atoms with Crippen LogP contribution in [0, 0.1) is 6.92 Å². The van der Waals surface area contributed by atoms with Crippen LogP contribution >= 0.6 is 11.6 Å². The number of nitrogens with one attached hydrogen (secondary N) is 1. The van der Waals surface area contributed by atoms with Crippen molar-refractivity contribution in [2.24, 2.45) is 0 Å². The molecule has 1 heterocycles. The van der Waals surface area contributed by atoms with Gasteiger partial charge in [-0.1, -0.05) is 57.0 Å². The van der Waals surface area contributed by atoms with E-state index in [1.165, 1.54) is 6.20 Å². The van der Waals surface area contributed by atoms with Crippen molar-refractivity contribution < 1.29 is 0 Å². The third kappa shape index (κ3) is 3.90. The lowest BCUT2D eigenvalue weighted by molar-refractivity contribution is 1.27. The van der Waals surface area contributed by atoms with Crippen LogP contribution in [0.25, 0.3) is 10.8 Å². The largest absolute Gasteiger partial charge is 0.327 e. The lowest BCUT2D eigenvalue weighted by Crippen LogP contribution is -2.04. The predicted octanol–water partition coefficient (Wildman–Crippen LogP) is 4.54. The molecule has 0 saturated heterocycles. The Bertz CT molecular complexity index is 517. The molecule has 0 spiro atoms. The van der Waals surface area contributed by atoms with Crippen LogP contribution in [0.5, 0.6) is 0 Å². The minimum Gasteiger partial charge on any atom is -0.327 e. The number of pyridine rings is 1. The first-order valence-electron chi connectivity index (χ1n) is 5.96. The molecule has 0 aliphatic carbocycles. The van der Waals surface area contributed by atoms with Crippen LogP contribution in [0.3, 0.4) is 0 Å². The van der Waals surface area contributed by atoms with Crippen LogP contribution in [-0.2, 0) is 0 Å². The van der Waals surface area contributed by atoms with E-state index >= 15 is 0 Å². The van der Waals surface area contributed by atoms with E-state index in [4.69, 9.17) is 11.6 Å². The molecular weight excluding hydrogens is 234 g/mol. The summed E-state index contributed by atoms with van der Waals surface area (Å²) in [7, 11) is 0. The van der Waals surface area contributed by atoms with Crippen molar-refractivity contribution >= 4 is 22.4 Å². The molecule has 94 valence electrons. The van der Waals surface area contributed by atoms with Gasteiger partial charge in [0, 0.05) is 17.0 Å². The van der Waals surface area contributed by atoms with Crippen LogP contribution in [-0.4, -0.2) is 4.98 Å². The second-order valence-corrected chi connectivity index (χ2v) is 3.42. The molecule has 0 amide bonds. The molecule has 1 aromatic carbocycles. The smallest absolute Gasteiger partial charge is 0.255 e. The fraction of sp³-hybridized carbons (Fsp3) is 0.357. The summed E-state index contributed by atoms with van der Waals surface area (Å²) in [6.45, 7) is 9.94. The van der Waals surface area contributed by atoms with Crippen molar-refractivity contribution in [1.82, 2.24) is 4.98 Å². The molecule has 0 radical (unpaired) electrons. The Morgan fingerprint density at radius 3 is 2.24 bits per heavy atom. The SMILES string of the molecule is CC.CC.Cc1ccc2c(Cl)c[nH]c(=O)c2c1. The van der Waals surface area contributed by atoms with E-state index in [1.807, 2.05) is 52.8 Å². The molecule has 17 heavy (non-hydrogen) atoms. The minimum atomic E-state index is -0.0944. The molecule has 3 heteroatoms. The number of H-pyrrole nitrogens is 1. The van der Waals surface area contributed by atoms with Gasteiger partial charge in [0.15, 0.2) is 0 Å². The third-order valence-corrected chi connectivity index (χ3v) is 2.32. The third-order valence-electron chi connectivity index (χ3n) is 2.01. The zero-order valence-corrected chi connectivity index (χ0v) is 11.9. The van der Waals surface area contributed by atoms with E-state index in [0.29, 0.717) is 10.4 Å². The van der Waals surface area contributed by atoms with Crippen molar-refractivity contribution in [3.05, 3.63) is 45.3 Å². The van der Waals surface area contributed by atoms with E-state index in [9.17, 15) is 4.79 Å². The van der Waals surface area contributed by atoms with Crippen molar-refractivity contribution in [1.29, 1.82) is 0 Å². The minimum absolute atomic E-state index is 0.0944. The van der Waals surface area contributed by atoms with Gasteiger partial charge in [-0.3, -0.25) is 4.79 Å². The highest BCUT2D eigenvalue weighted by molar-refractivity contribution is 6.35. The maximum atomic E-state index is 11.4. The van der Waals surface area contributed by atoms with E-state index in [0.717, 1.165) is 10.9 Å². The second kappa shape index (κ2) is 7.91. The van der Waals surface area contributed by atoms with Crippen LogP contribution < -0.4 is 5.56 Å². The van der Waals surface area contributed by atoms with Gasteiger partial charge >= 0.3 is 0 Å². The molecule has 2 nitrogen and oxygen atoms in total. The fourth-order valence-corrected chi connectivity index (χ4v) is 1.56. The Kier molecular flexibility index (Phi) is 7.31. The first-order chi connectivity index (χ1) is 8.18. The Balaban J connectivity index is 0.000000581. The van der Waals surface area contributed by atoms with Gasteiger partial charge in [0.05, 0.1) is 5.02 Å². The van der Waals surface area contributed by atoms with Gasteiger partial charge in [0.1, 0.15) is 0 Å². The standard InChI is InChI=1S/C10H8ClNO.2C2H6/c1-6-2-3-7-8(4-6)10(13)12-5-9(7)11;2*1-2/h2-5H,1H3,(H,12,13);2*1-2H3. The first kappa shape index (κ1) is 15.7. The summed E-state index contributed by atoms with van der Waals surface area (Å²) in [6.07, 6.45) is 1.52. The van der Waals surface area contributed by atoms with Crippen molar-refractivity contribution in [2.45, 2.75) is 34.6 Å². The van der Waals surface area contributed by atoms with E-state index in [2.05, 4.69) is 4.98 Å².